The van der Waals surface area contributed by atoms with Gasteiger partial charge in [-0.2, -0.15) is 0 Å². The van der Waals surface area contributed by atoms with Crippen LogP contribution in [-0.4, -0.2) is 59.7 Å². The van der Waals surface area contributed by atoms with Crippen molar-refractivity contribution in [1.29, 1.82) is 0 Å². The van der Waals surface area contributed by atoms with E-state index < -0.39 is 5.82 Å². The van der Waals surface area contributed by atoms with E-state index in [0.29, 0.717) is 18.8 Å². The Balaban J connectivity index is 1.33. The fraction of sp³-hybridized carbons (Fsp3) is 0.321. The standard InChI is InChI=1S/C28H29FN6O2/c1-19-14-23(29)24(32-28(36)20-4-5-30-26(16-20)34-7-2-3-8-34)17-22(19)21-15-25(33-10-12-37-13-11-33)27-31-6-9-35(27)18-21/h4-6,9,14-18H,2-3,7-8,10-13H2,1H3,(H,32,36). The smallest absolute Gasteiger partial charge is 0.255 e. The molecule has 0 atom stereocenters. The Kier molecular flexibility index (Phi) is 6.21. The van der Waals surface area contributed by atoms with Crippen molar-refractivity contribution in [1.82, 2.24) is 14.4 Å². The summed E-state index contributed by atoms with van der Waals surface area (Å²) in [5.41, 5.74) is 5.01. The molecule has 2 aliphatic heterocycles. The first kappa shape index (κ1) is 23.4. The number of amides is 1. The van der Waals surface area contributed by atoms with Crippen molar-refractivity contribution in [2.45, 2.75) is 19.8 Å². The summed E-state index contributed by atoms with van der Waals surface area (Å²) in [4.78, 5) is 26.5. The lowest BCUT2D eigenvalue weighted by Gasteiger charge is -2.29. The lowest BCUT2D eigenvalue weighted by atomic mass is 10.00. The minimum absolute atomic E-state index is 0.142. The number of hydrogen-bond donors (Lipinski definition) is 1. The van der Waals surface area contributed by atoms with E-state index in [1.807, 2.05) is 23.7 Å². The molecule has 2 saturated heterocycles. The van der Waals surface area contributed by atoms with E-state index in [4.69, 9.17) is 4.74 Å². The predicted molar refractivity (Wildman–Crippen MR) is 142 cm³/mol. The number of ether oxygens (including phenoxy) is 1. The maximum Gasteiger partial charge on any atom is 0.255 e. The van der Waals surface area contributed by atoms with Crippen LogP contribution in [-0.2, 0) is 4.74 Å². The Labute approximate surface area is 214 Å². The molecule has 0 aliphatic carbocycles. The molecular formula is C28H29FN6O2. The third kappa shape index (κ3) is 4.62. The number of carbonyl (C=O) groups excluding carboxylic acids is 1. The molecule has 4 aromatic rings. The maximum absolute atomic E-state index is 15.0. The van der Waals surface area contributed by atoms with E-state index in [0.717, 1.165) is 72.9 Å². The molecule has 0 bridgehead atoms. The van der Waals surface area contributed by atoms with Crippen LogP contribution in [0, 0.1) is 12.7 Å². The molecule has 0 saturated carbocycles. The van der Waals surface area contributed by atoms with Gasteiger partial charge in [0.05, 0.1) is 24.6 Å². The summed E-state index contributed by atoms with van der Waals surface area (Å²) < 4.78 is 22.6. The topological polar surface area (TPSA) is 75.0 Å². The second-order valence-electron chi connectivity index (χ2n) is 9.57. The van der Waals surface area contributed by atoms with Gasteiger partial charge in [-0.25, -0.2) is 14.4 Å². The SMILES string of the molecule is Cc1cc(F)c(NC(=O)c2ccnc(N3CCCC3)c2)cc1-c1cc(N2CCOCC2)c2nccn2c1. The first-order chi connectivity index (χ1) is 18.1. The molecule has 37 heavy (non-hydrogen) atoms. The zero-order chi connectivity index (χ0) is 25.4. The van der Waals surface area contributed by atoms with Crippen molar-refractivity contribution in [3.05, 3.63) is 72.1 Å². The zero-order valence-electron chi connectivity index (χ0n) is 20.8. The van der Waals surface area contributed by atoms with Gasteiger partial charge in [-0.15, -0.1) is 0 Å². The number of fused-ring (bicyclic) bond motifs is 1. The second kappa shape index (κ2) is 9.82. The van der Waals surface area contributed by atoms with Gasteiger partial charge in [0.15, 0.2) is 5.65 Å². The number of imidazole rings is 1. The molecule has 1 amide bonds. The van der Waals surface area contributed by atoms with Crippen molar-refractivity contribution < 1.29 is 13.9 Å². The Morgan fingerprint density at radius 1 is 1.00 bits per heavy atom. The highest BCUT2D eigenvalue weighted by atomic mass is 19.1. The quantitative estimate of drug-likeness (QED) is 0.434. The fourth-order valence-corrected chi connectivity index (χ4v) is 5.15. The number of rotatable bonds is 5. The summed E-state index contributed by atoms with van der Waals surface area (Å²) in [7, 11) is 0. The molecule has 8 nitrogen and oxygen atoms in total. The molecule has 6 rings (SSSR count). The molecule has 1 aromatic carbocycles. The van der Waals surface area contributed by atoms with Gasteiger partial charge >= 0.3 is 0 Å². The van der Waals surface area contributed by atoms with Crippen LogP contribution in [0.25, 0.3) is 16.8 Å². The van der Waals surface area contributed by atoms with E-state index in [1.54, 1.807) is 30.6 Å². The predicted octanol–water partition coefficient (Wildman–Crippen LogP) is 4.53. The van der Waals surface area contributed by atoms with Crippen LogP contribution in [0.15, 0.2) is 55.1 Å². The van der Waals surface area contributed by atoms with E-state index in [-0.39, 0.29) is 11.6 Å². The summed E-state index contributed by atoms with van der Waals surface area (Å²) >= 11 is 0. The van der Waals surface area contributed by atoms with Crippen molar-refractivity contribution in [3.63, 3.8) is 0 Å². The van der Waals surface area contributed by atoms with Crippen LogP contribution in [0.4, 0.5) is 21.6 Å². The van der Waals surface area contributed by atoms with Gasteiger partial charge in [-0.05, 0) is 61.2 Å². The average molecular weight is 501 g/mol. The van der Waals surface area contributed by atoms with E-state index in [2.05, 4.69) is 31.2 Å². The monoisotopic (exact) mass is 500 g/mol. The third-order valence-corrected chi connectivity index (χ3v) is 7.13. The fourth-order valence-electron chi connectivity index (χ4n) is 5.15. The number of pyridine rings is 2. The Bertz CT molecular complexity index is 1460. The maximum atomic E-state index is 15.0. The number of benzene rings is 1. The normalized spacial score (nSPS) is 15.9. The van der Waals surface area contributed by atoms with E-state index >= 15 is 4.39 Å². The van der Waals surface area contributed by atoms with Gasteiger partial charge in [0, 0.05) is 62.1 Å². The highest BCUT2D eigenvalue weighted by Gasteiger charge is 2.20. The molecule has 5 heterocycles. The Hall–Kier alpha value is -3.98. The lowest BCUT2D eigenvalue weighted by Crippen LogP contribution is -2.36. The highest BCUT2D eigenvalue weighted by Crippen LogP contribution is 2.33. The number of carbonyl (C=O) groups is 1. The number of nitrogens with one attached hydrogen (secondary N) is 1. The molecule has 2 aliphatic rings. The van der Waals surface area contributed by atoms with Crippen molar-refractivity contribution >= 4 is 28.7 Å². The largest absolute Gasteiger partial charge is 0.378 e. The van der Waals surface area contributed by atoms with Crippen LogP contribution in [0.2, 0.25) is 0 Å². The van der Waals surface area contributed by atoms with Gasteiger partial charge in [-0.1, -0.05) is 0 Å². The van der Waals surface area contributed by atoms with Gasteiger partial charge < -0.3 is 24.3 Å². The lowest BCUT2D eigenvalue weighted by molar-refractivity contribution is 0.102. The van der Waals surface area contributed by atoms with E-state index in [1.165, 1.54) is 6.07 Å². The minimum Gasteiger partial charge on any atom is -0.378 e. The van der Waals surface area contributed by atoms with Crippen molar-refractivity contribution in [2.75, 3.05) is 54.5 Å². The Morgan fingerprint density at radius 2 is 1.81 bits per heavy atom. The summed E-state index contributed by atoms with van der Waals surface area (Å²) in [5, 5.41) is 2.79. The number of morpholine rings is 1. The summed E-state index contributed by atoms with van der Waals surface area (Å²) in [6.45, 7) is 6.63. The number of halogens is 1. The molecule has 190 valence electrons. The number of hydrogen-bond acceptors (Lipinski definition) is 6. The number of aromatic nitrogens is 3. The van der Waals surface area contributed by atoms with Gasteiger partial charge in [0.1, 0.15) is 11.6 Å². The van der Waals surface area contributed by atoms with Crippen LogP contribution in [0.5, 0.6) is 0 Å². The van der Waals surface area contributed by atoms with Crippen molar-refractivity contribution in [3.8, 4) is 11.1 Å². The summed E-state index contributed by atoms with van der Waals surface area (Å²) in [6.07, 6.45) is 9.54. The summed E-state index contributed by atoms with van der Waals surface area (Å²) in [6, 6.07) is 8.70. The first-order valence-corrected chi connectivity index (χ1v) is 12.7. The average Bonchev–Trinajstić information content (AvgIpc) is 3.63. The molecular weight excluding hydrogens is 471 g/mol. The first-order valence-electron chi connectivity index (χ1n) is 12.7. The molecule has 0 radical (unpaired) electrons. The number of aryl methyl sites for hydroxylation is 1. The molecule has 0 unspecified atom stereocenters. The van der Waals surface area contributed by atoms with Gasteiger partial charge in [0.25, 0.3) is 5.91 Å². The van der Waals surface area contributed by atoms with Crippen molar-refractivity contribution in [2.24, 2.45) is 0 Å². The Morgan fingerprint density at radius 3 is 2.62 bits per heavy atom. The molecule has 1 N–H and O–H groups in total. The zero-order valence-corrected chi connectivity index (χ0v) is 20.8. The van der Waals surface area contributed by atoms with Crippen LogP contribution < -0.4 is 15.1 Å². The second-order valence-corrected chi connectivity index (χ2v) is 9.57. The number of anilines is 3. The van der Waals surface area contributed by atoms with Crippen LogP contribution in [0.1, 0.15) is 28.8 Å². The molecule has 3 aromatic heterocycles. The summed E-state index contributed by atoms with van der Waals surface area (Å²) in [5.74, 6) is -0.0596. The number of nitrogens with zero attached hydrogens (tertiary/aromatic N) is 5. The molecule has 9 heteroatoms. The van der Waals surface area contributed by atoms with Crippen LogP contribution >= 0.6 is 0 Å². The minimum atomic E-state index is -0.472. The molecule has 0 spiro atoms. The molecule has 2 fully saturated rings. The van der Waals surface area contributed by atoms with Gasteiger partial charge in [-0.3, -0.25) is 4.79 Å². The highest BCUT2D eigenvalue weighted by molar-refractivity contribution is 6.05. The third-order valence-electron chi connectivity index (χ3n) is 7.13. The van der Waals surface area contributed by atoms with Crippen LogP contribution in [0.3, 0.4) is 0 Å². The van der Waals surface area contributed by atoms with Gasteiger partial charge in [0.2, 0.25) is 0 Å². The van der Waals surface area contributed by atoms with E-state index in [9.17, 15) is 4.79 Å².